The number of rotatable bonds is 1. The summed E-state index contributed by atoms with van der Waals surface area (Å²) in [5.74, 6) is 0. The molecule has 0 spiro atoms. The molecule has 0 saturated heterocycles. The van der Waals surface area contributed by atoms with Crippen molar-refractivity contribution in [3.63, 3.8) is 0 Å². The highest BCUT2D eigenvalue weighted by molar-refractivity contribution is 5.83. The van der Waals surface area contributed by atoms with Gasteiger partial charge in [-0.15, -0.1) is 0 Å². The Bertz CT molecular complexity index is 768. The number of allylic oxidation sites excluding steroid dienone is 1. The third kappa shape index (κ3) is 1.24. The summed E-state index contributed by atoms with van der Waals surface area (Å²) in [7, 11) is 0. The van der Waals surface area contributed by atoms with Gasteiger partial charge in [0.25, 0.3) is 0 Å². The molecule has 0 saturated carbocycles. The van der Waals surface area contributed by atoms with Gasteiger partial charge >= 0.3 is 0 Å². The van der Waals surface area contributed by atoms with E-state index in [4.69, 9.17) is 0 Å². The van der Waals surface area contributed by atoms with E-state index in [0.717, 1.165) is 17.8 Å². The van der Waals surface area contributed by atoms with Gasteiger partial charge in [-0.3, -0.25) is 4.98 Å². The van der Waals surface area contributed by atoms with Gasteiger partial charge in [0, 0.05) is 36.1 Å². The topological polar surface area (TPSA) is 30.2 Å². The first-order chi connectivity index (χ1) is 8.93. The van der Waals surface area contributed by atoms with E-state index in [2.05, 4.69) is 32.6 Å². The lowest BCUT2D eigenvalue weighted by Crippen LogP contribution is -1.94. The highest BCUT2D eigenvalue weighted by Crippen LogP contribution is 2.31. The normalized spacial score (nSPS) is 13.7. The Balaban J connectivity index is 1.95. The molecule has 0 aromatic carbocycles. The minimum atomic E-state index is 0.916. The summed E-state index contributed by atoms with van der Waals surface area (Å²) in [6.07, 6.45) is 8.88. The number of nitrogens with zero attached hydrogens (tertiary/aromatic N) is 3. The molecule has 0 fully saturated rings. The lowest BCUT2D eigenvalue weighted by molar-refractivity contribution is 1.11. The second kappa shape index (κ2) is 3.53. The number of aromatic nitrogens is 3. The first kappa shape index (κ1) is 9.59. The first-order valence-corrected chi connectivity index (χ1v) is 6.00. The average molecular weight is 233 g/mol. The molecule has 0 radical (unpaired) electrons. The minimum Gasteiger partial charge on any atom is -0.301 e. The Labute approximate surface area is 104 Å². The first-order valence-electron chi connectivity index (χ1n) is 6.00. The number of fused-ring (bicyclic) bond motifs is 2. The van der Waals surface area contributed by atoms with Gasteiger partial charge in [0.1, 0.15) is 5.65 Å². The maximum Gasteiger partial charge on any atom is 0.137 e. The van der Waals surface area contributed by atoms with Crippen molar-refractivity contribution in [2.75, 3.05) is 0 Å². The SMILES string of the molecule is C1=C(c2ccc3ncccn23)c2cccnc2C1. The van der Waals surface area contributed by atoms with Crippen LogP contribution in [0.2, 0.25) is 0 Å². The lowest BCUT2D eigenvalue weighted by atomic mass is 10.1. The van der Waals surface area contributed by atoms with Crippen LogP contribution in [0.4, 0.5) is 0 Å². The van der Waals surface area contributed by atoms with Crippen LogP contribution >= 0.6 is 0 Å². The molecule has 0 N–H and O–H groups in total. The third-order valence-electron chi connectivity index (χ3n) is 3.38. The molecule has 1 aliphatic carbocycles. The van der Waals surface area contributed by atoms with E-state index >= 15 is 0 Å². The molecule has 0 unspecified atom stereocenters. The van der Waals surface area contributed by atoms with E-state index in [1.807, 2.05) is 36.8 Å². The standard InChI is InChI=1S/C15H11N3/c1-3-11-12(4-5-13(11)16-8-1)14-6-7-15-17-9-2-10-18(14)15/h1-4,6-10H,5H2. The molecule has 3 aromatic heterocycles. The molecule has 3 aromatic rings. The van der Waals surface area contributed by atoms with E-state index in [9.17, 15) is 0 Å². The van der Waals surface area contributed by atoms with Crippen molar-refractivity contribution in [3.05, 3.63) is 71.9 Å². The molecule has 3 nitrogen and oxygen atoms in total. The lowest BCUT2D eigenvalue weighted by Gasteiger charge is -2.05. The summed E-state index contributed by atoms with van der Waals surface area (Å²) in [5, 5.41) is 0. The quantitative estimate of drug-likeness (QED) is 0.647. The van der Waals surface area contributed by atoms with Crippen molar-refractivity contribution in [1.82, 2.24) is 14.4 Å². The molecular formula is C15H11N3. The van der Waals surface area contributed by atoms with Crippen molar-refractivity contribution in [2.24, 2.45) is 0 Å². The molecular weight excluding hydrogens is 222 g/mol. The van der Waals surface area contributed by atoms with Crippen LogP contribution in [0.5, 0.6) is 0 Å². The Kier molecular flexibility index (Phi) is 1.88. The zero-order chi connectivity index (χ0) is 11.9. The van der Waals surface area contributed by atoms with Crippen molar-refractivity contribution in [2.45, 2.75) is 6.42 Å². The van der Waals surface area contributed by atoms with Crippen LogP contribution in [0.3, 0.4) is 0 Å². The van der Waals surface area contributed by atoms with Crippen molar-refractivity contribution < 1.29 is 0 Å². The van der Waals surface area contributed by atoms with Gasteiger partial charge in [-0.2, -0.15) is 0 Å². The number of hydrogen-bond acceptors (Lipinski definition) is 2. The van der Waals surface area contributed by atoms with Gasteiger partial charge in [0.05, 0.1) is 11.4 Å². The molecule has 0 amide bonds. The Morgan fingerprint density at radius 3 is 2.94 bits per heavy atom. The predicted octanol–water partition coefficient (Wildman–Crippen LogP) is 2.72. The molecule has 3 heteroatoms. The van der Waals surface area contributed by atoms with E-state index in [1.165, 1.54) is 16.8 Å². The zero-order valence-corrected chi connectivity index (χ0v) is 9.74. The summed E-state index contributed by atoms with van der Waals surface area (Å²) in [4.78, 5) is 8.77. The molecule has 0 aliphatic heterocycles. The highest BCUT2D eigenvalue weighted by atomic mass is 15.0. The Morgan fingerprint density at radius 1 is 1.00 bits per heavy atom. The molecule has 0 atom stereocenters. The largest absolute Gasteiger partial charge is 0.301 e. The fourth-order valence-electron chi connectivity index (χ4n) is 2.56. The molecule has 4 rings (SSSR count). The Morgan fingerprint density at radius 2 is 1.94 bits per heavy atom. The predicted molar refractivity (Wildman–Crippen MR) is 70.2 cm³/mol. The van der Waals surface area contributed by atoms with Crippen molar-refractivity contribution >= 4 is 11.2 Å². The summed E-state index contributed by atoms with van der Waals surface area (Å²) >= 11 is 0. The molecule has 1 aliphatic rings. The van der Waals surface area contributed by atoms with Crippen LogP contribution in [0.15, 0.2) is 55.0 Å². The van der Waals surface area contributed by atoms with E-state index in [-0.39, 0.29) is 0 Å². The molecule has 3 heterocycles. The van der Waals surface area contributed by atoms with Gasteiger partial charge in [0.2, 0.25) is 0 Å². The second-order valence-electron chi connectivity index (χ2n) is 4.39. The smallest absolute Gasteiger partial charge is 0.137 e. The summed E-state index contributed by atoms with van der Waals surface area (Å²) < 4.78 is 2.12. The van der Waals surface area contributed by atoms with Crippen molar-refractivity contribution in [1.29, 1.82) is 0 Å². The van der Waals surface area contributed by atoms with Crippen LogP contribution in [0, 0.1) is 0 Å². The van der Waals surface area contributed by atoms with Crippen LogP contribution in [0.1, 0.15) is 17.0 Å². The van der Waals surface area contributed by atoms with E-state index in [1.54, 1.807) is 0 Å². The van der Waals surface area contributed by atoms with Gasteiger partial charge in [-0.25, -0.2) is 4.98 Å². The summed E-state index contributed by atoms with van der Waals surface area (Å²) in [5.41, 5.74) is 5.81. The number of hydrogen-bond donors (Lipinski definition) is 0. The van der Waals surface area contributed by atoms with Crippen LogP contribution in [0.25, 0.3) is 11.2 Å². The fourth-order valence-corrected chi connectivity index (χ4v) is 2.56. The third-order valence-corrected chi connectivity index (χ3v) is 3.38. The van der Waals surface area contributed by atoms with E-state index in [0.29, 0.717) is 0 Å². The summed E-state index contributed by atoms with van der Waals surface area (Å²) in [6, 6.07) is 10.2. The zero-order valence-electron chi connectivity index (χ0n) is 9.74. The van der Waals surface area contributed by atoms with Gasteiger partial charge in [-0.05, 0) is 24.3 Å². The Hall–Kier alpha value is -2.42. The van der Waals surface area contributed by atoms with Gasteiger partial charge in [-0.1, -0.05) is 12.1 Å². The second-order valence-corrected chi connectivity index (χ2v) is 4.39. The van der Waals surface area contributed by atoms with E-state index < -0.39 is 0 Å². The summed E-state index contributed by atoms with van der Waals surface area (Å²) in [6.45, 7) is 0. The van der Waals surface area contributed by atoms with Gasteiger partial charge in [0.15, 0.2) is 0 Å². The van der Waals surface area contributed by atoms with Crippen LogP contribution in [-0.2, 0) is 6.42 Å². The average Bonchev–Trinajstić information content (AvgIpc) is 3.01. The maximum atomic E-state index is 4.42. The highest BCUT2D eigenvalue weighted by Gasteiger charge is 2.18. The molecule has 86 valence electrons. The maximum absolute atomic E-state index is 4.42. The monoisotopic (exact) mass is 233 g/mol. The van der Waals surface area contributed by atoms with Crippen LogP contribution in [-0.4, -0.2) is 14.4 Å². The molecule has 18 heavy (non-hydrogen) atoms. The van der Waals surface area contributed by atoms with Gasteiger partial charge < -0.3 is 4.40 Å². The molecule has 0 bridgehead atoms. The number of pyridine rings is 1. The van der Waals surface area contributed by atoms with Crippen LogP contribution < -0.4 is 0 Å². The fraction of sp³-hybridized carbons (Fsp3) is 0.0667. The minimum absolute atomic E-state index is 0.916. The van der Waals surface area contributed by atoms with Crippen molar-refractivity contribution in [3.8, 4) is 0 Å².